The Hall–Kier alpha value is -3.68. The number of carbonyl (C=O) groups excluding carboxylic acids is 1. The van der Waals surface area contributed by atoms with Gasteiger partial charge in [0.25, 0.3) is 5.91 Å². The third-order valence-electron chi connectivity index (χ3n) is 8.12. The molecule has 0 saturated heterocycles. The van der Waals surface area contributed by atoms with E-state index >= 15 is 0 Å². The number of carbonyl (C=O) groups is 1. The van der Waals surface area contributed by atoms with E-state index in [9.17, 15) is 26.9 Å². The van der Waals surface area contributed by atoms with Crippen molar-refractivity contribution in [3.05, 3.63) is 89.0 Å². The SMILES string of the molecule is CCS(=O)(=O)c1ccc([C@H](CC#N)NC(=O)c2ccc(N(CCS(C)(=O)=O)c3cc(C4CC4)cc(C4CC4)c3)cc2)cc1. The molecular weight excluding hydrogens is 583 g/mol. The molecule has 8 nitrogen and oxygen atoms in total. The summed E-state index contributed by atoms with van der Waals surface area (Å²) in [5.41, 5.74) is 5.40. The van der Waals surface area contributed by atoms with Crippen LogP contribution in [0.1, 0.15) is 84.0 Å². The van der Waals surface area contributed by atoms with Crippen LogP contribution in [0.4, 0.5) is 11.4 Å². The molecule has 5 rings (SSSR count). The van der Waals surface area contributed by atoms with Crippen molar-refractivity contribution in [2.45, 2.75) is 61.8 Å². The molecular formula is C33H37N3O5S2. The summed E-state index contributed by atoms with van der Waals surface area (Å²) < 4.78 is 48.6. The summed E-state index contributed by atoms with van der Waals surface area (Å²) in [6.07, 6.45) is 5.96. The van der Waals surface area contributed by atoms with Crippen molar-refractivity contribution in [1.29, 1.82) is 5.26 Å². The molecule has 2 fully saturated rings. The normalized spacial score (nSPS) is 15.8. The van der Waals surface area contributed by atoms with Crippen molar-refractivity contribution in [1.82, 2.24) is 5.32 Å². The van der Waals surface area contributed by atoms with E-state index in [0.717, 1.165) is 11.4 Å². The van der Waals surface area contributed by atoms with Crippen molar-refractivity contribution < 1.29 is 21.6 Å². The Morgan fingerprint density at radius 3 is 1.98 bits per heavy atom. The Morgan fingerprint density at radius 1 is 0.907 bits per heavy atom. The lowest BCUT2D eigenvalue weighted by molar-refractivity contribution is 0.0937. The van der Waals surface area contributed by atoms with Crippen LogP contribution < -0.4 is 10.2 Å². The average molecular weight is 620 g/mol. The van der Waals surface area contributed by atoms with Gasteiger partial charge in [-0.05, 0) is 103 Å². The molecule has 1 amide bonds. The van der Waals surface area contributed by atoms with Gasteiger partial charge < -0.3 is 10.2 Å². The van der Waals surface area contributed by atoms with Gasteiger partial charge in [-0.2, -0.15) is 5.26 Å². The van der Waals surface area contributed by atoms with Gasteiger partial charge in [-0.3, -0.25) is 4.79 Å². The van der Waals surface area contributed by atoms with Gasteiger partial charge in [0.2, 0.25) is 0 Å². The van der Waals surface area contributed by atoms with Crippen molar-refractivity contribution in [2.75, 3.05) is 29.2 Å². The fourth-order valence-corrected chi connectivity index (χ4v) is 6.63. The third-order valence-corrected chi connectivity index (χ3v) is 10.8. The Morgan fingerprint density at radius 2 is 1.49 bits per heavy atom. The van der Waals surface area contributed by atoms with Crippen LogP contribution in [0.15, 0.2) is 71.6 Å². The molecule has 2 aliphatic rings. The zero-order chi connectivity index (χ0) is 30.8. The summed E-state index contributed by atoms with van der Waals surface area (Å²) in [6.45, 7) is 1.87. The maximum absolute atomic E-state index is 13.2. The number of anilines is 2. The molecule has 0 spiro atoms. The lowest BCUT2D eigenvalue weighted by atomic mass is 10.0. The van der Waals surface area contributed by atoms with E-state index < -0.39 is 25.7 Å². The van der Waals surface area contributed by atoms with Crippen LogP contribution in [0.25, 0.3) is 0 Å². The molecule has 0 heterocycles. The Balaban J connectivity index is 1.38. The second kappa shape index (κ2) is 12.5. The van der Waals surface area contributed by atoms with E-state index in [1.54, 1.807) is 31.2 Å². The number of benzene rings is 3. The van der Waals surface area contributed by atoms with Crippen LogP contribution in [-0.2, 0) is 19.7 Å². The van der Waals surface area contributed by atoms with Gasteiger partial charge in [-0.25, -0.2) is 16.8 Å². The minimum absolute atomic E-state index is 0.00412. The van der Waals surface area contributed by atoms with Gasteiger partial charge in [0.1, 0.15) is 9.84 Å². The maximum Gasteiger partial charge on any atom is 0.251 e. The van der Waals surface area contributed by atoms with E-state index in [4.69, 9.17) is 0 Å². The van der Waals surface area contributed by atoms with E-state index in [2.05, 4.69) is 29.6 Å². The number of nitrogens with zero attached hydrogens (tertiary/aromatic N) is 2. The molecule has 0 aromatic heterocycles. The first-order chi connectivity index (χ1) is 20.5. The number of sulfone groups is 2. The van der Waals surface area contributed by atoms with Gasteiger partial charge in [0.05, 0.1) is 34.9 Å². The molecule has 10 heteroatoms. The van der Waals surface area contributed by atoms with E-state index in [-0.39, 0.29) is 35.3 Å². The second-order valence-corrected chi connectivity index (χ2v) is 16.1. The fraction of sp³-hybridized carbons (Fsp3) is 0.394. The predicted octanol–water partition coefficient (Wildman–Crippen LogP) is 5.80. The molecule has 2 saturated carbocycles. The standard InChI is InChI=1S/C33H37N3O5S2/c1-3-43(40,41)31-14-10-25(11-15-31)32(16-17-34)35-33(37)26-8-12-29(13-9-26)36(18-19-42(2,38)39)30-21-27(23-4-5-23)20-28(22-30)24-6-7-24/h8-15,20-24,32H,3-7,16,18-19H2,1-2H3,(H,35,37)/t32-/m0/s1. The van der Waals surface area contributed by atoms with Gasteiger partial charge in [0.15, 0.2) is 9.84 Å². The number of hydrogen-bond donors (Lipinski definition) is 1. The van der Waals surface area contributed by atoms with E-state index in [1.807, 2.05) is 17.0 Å². The van der Waals surface area contributed by atoms with Crippen LogP contribution in [0, 0.1) is 11.3 Å². The summed E-state index contributed by atoms with van der Waals surface area (Å²) in [5.74, 6) is 0.741. The van der Waals surface area contributed by atoms with Gasteiger partial charge in [-0.15, -0.1) is 0 Å². The highest BCUT2D eigenvalue weighted by Gasteiger charge is 2.29. The summed E-state index contributed by atoms with van der Waals surface area (Å²) in [5, 5.41) is 12.3. The number of amides is 1. The van der Waals surface area contributed by atoms with Crippen LogP contribution >= 0.6 is 0 Å². The maximum atomic E-state index is 13.2. The van der Waals surface area contributed by atoms with Crippen molar-refractivity contribution in [2.24, 2.45) is 0 Å². The first-order valence-corrected chi connectivity index (χ1v) is 18.4. The molecule has 0 radical (unpaired) electrons. The van der Waals surface area contributed by atoms with Crippen LogP contribution in [0.2, 0.25) is 0 Å². The summed E-state index contributed by atoms with van der Waals surface area (Å²) >= 11 is 0. The fourth-order valence-electron chi connectivity index (χ4n) is 5.24. The van der Waals surface area contributed by atoms with Crippen molar-refractivity contribution in [3.8, 4) is 6.07 Å². The zero-order valence-corrected chi connectivity index (χ0v) is 26.1. The number of nitrogens with one attached hydrogen (secondary N) is 1. The monoisotopic (exact) mass is 619 g/mol. The molecule has 3 aromatic carbocycles. The summed E-state index contributed by atoms with van der Waals surface area (Å²) in [6, 6.07) is 21.4. The highest BCUT2D eigenvalue weighted by atomic mass is 32.2. The summed E-state index contributed by atoms with van der Waals surface area (Å²) in [7, 11) is -6.57. The molecule has 1 atom stereocenters. The number of hydrogen-bond acceptors (Lipinski definition) is 7. The summed E-state index contributed by atoms with van der Waals surface area (Å²) in [4.78, 5) is 15.4. The molecule has 3 aromatic rings. The topological polar surface area (TPSA) is 124 Å². The lowest BCUT2D eigenvalue weighted by Crippen LogP contribution is -2.28. The number of rotatable bonds is 13. The quantitative estimate of drug-likeness (QED) is 0.256. The van der Waals surface area contributed by atoms with Gasteiger partial charge in [-0.1, -0.05) is 25.1 Å². The van der Waals surface area contributed by atoms with Gasteiger partial charge in [0, 0.05) is 29.7 Å². The minimum atomic E-state index is -3.36. The molecule has 1 N–H and O–H groups in total. The second-order valence-electron chi connectivity index (χ2n) is 11.6. The van der Waals surface area contributed by atoms with Crippen LogP contribution in [0.3, 0.4) is 0 Å². The van der Waals surface area contributed by atoms with Gasteiger partial charge >= 0.3 is 0 Å². The first-order valence-electron chi connectivity index (χ1n) is 14.7. The molecule has 43 heavy (non-hydrogen) atoms. The molecule has 0 bridgehead atoms. The number of nitriles is 1. The largest absolute Gasteiger partial charge is 0.344 e. The molecule has 2 aliphatic carbocycles. The molecule has 0 unspecified atom stereocenters. The zero-order valence-electron chi connectivity index (χ0n) is 24.5. The smallest absolute Gasteiger partial charge is 0.251 e. The third kappa shape index (κ3) is 7.84. The van der Waals surface area contributed by atoms with E-state index in [1.165, 1.54) is 55.2 Å². The highest BCUT2D eigenvalue weighted by molar-refractivity contribution is 7.91. The highest BCUT2D eigenvalue weighted by Crippen LogP contribution is 2.47. The molecule has 0 aliphatic heterocycles. The minimum Gasteiger partial charge on any atom is -0.344 e. The van der Waals surface area contributed by atoms with Crippen LogP contribution in [0.5, 0.6) is 0 Å². The Bertz CT molecular complexity index is 1710. The van der Waals surface area contributed by atoms with Crippen molar-refractivity contribution in [3.63, 3.8) is 0 Å². The Kier molecular flexibility index (Phi) is 8.95. The Labute approximate surface area is 254 Å². The predicted molar refractivity (Wildman–Crippen MR) is 168 cm³/mol. The van der Waals surface area contributed by atoms with E-state index in [0.29, 0.717) is 23.0 Å². The average Bonchev–Trinajstić information content (AvgIpc) is 3.90. The van der Waals surface area contributed by atoms with Crippen LogP contribution in [-0.4, -0.2) is 47.0 Å². The van der Waals surface area contributed by atoms with Crippen molar-refractivity contribution >= 4 is 37.0 Å². The lowest BCUT2D eigenvalue weighted by Gasteiger charge is -2.26. The molecule has 226 valence electrons. The first kappa shape index (κ1) is 30.8.